The minimum Gasteiger partial charge on any atom is -0.508 e. The maximum Gasteiger partial charge on any atom is 0.322 e. The third kappa shape index (κ3) is 4.74. The van der Waals surface area contributed by atoms with E-state index in [2.05, 4.69) is 10.6 Å². The van der Waals surface area contributed by atoms with E-state index < -0.39 is 11.6 Å². The first kappa shape index (κ1) is 21.9. The summed E-state index contributed by atoms with van der Waals surface area (Å²) in [4.78, 5) is 34.2. The van der Waals surface area contributed by atoms with E-state index in [0.29, 0.717) is 12.0 Å². The summed E-state index contributed by atoms with van der Waals surface area (Å²) in [5.41, 5.74) is 1.50. The molecule has 7 heteroatoms. The first-order valence-corrected chi connectivity index (χ1v) is 9.38. The molecule has 1 heterocycles. The number of methoxy groups -OCH3 is 1. The molecule has 0 aliphatic carbocycles. The highest BCUT2D eigenvalue weighted by molar-refractivity contribution is 6.07. The van der Waals surface area contributed by atoms with Crippen molar-refractivity contribution in [2.45, 2.75) is 39.2 Å². The number of ether oxygens (including phenoxy) is 1. The van der Waals surface area contributed by atoms with Crippen molar-refractivity contribution in [2.24, 2.45) is 0 Å². The van der Waals surface area contributed by atoms with Gasteiger partial charge in [0, 0.05) is 5.56 Å². The predicted octanol–water partition coefficient (Wildman–Crippen LogP) is 3.30. The van der Waals surface area contributed by atoms with Crippen LogP contribution in [0.2, 0.25) is 0 Å². The fourth-order valence-corrected chi connectivity index (χ4v) is 3.21. The van der Waals surface area contributed by atoms with Gasteiger partial charge in [-0.05, 0) is 55.2 Å². The second-order valence-corrected chi connectivity index (χ2v) is 6.65. The van der Waals surface area contributed by atoms with Crippen LogP contribution in [0.3, 0.4) is 0 Å². The van der Waals surface area contributed by atoms with Crippen LogP contribution in [0, 0.1) is 0 Å². The van der Waals surface area contributed by atoms with Gasteiger partial charge >= 0.3 is 6.03 Å². The number of benzene rings is 2. The SMILES string of the molecule is CC[C@@]1(c2ccc(O)cc2)NC(=O)NC1=O.CCc1ccc(OC)cc1C(C)=O. The van der Waals surface area contributed by atoms with E-state index in [9.17, 15) is 19.5 Å². The molecule has 0 saturated carbocycles. The highest BCUT2D eigenvalue weighted by Gasteiger charge is 2.46. The number of aryl methyl sites for hydroxylation is 1. The van der Waals surface area contributed by atoms with E-state index in [1.165, 1.54) is 12.1 Å². The number of imide groups is 1. The Kier molecular flexibility index (Phi) is 6.98. The molecule has 2 aromatic carbocycles. The van der Waals surface area contributed by atoms with Crippen molar-refractivity contribution in [3.05, 3.63) is 59.2 Å². The first-order valence-electron chi connectivity index (χ1n) is 9.38. The van der Waals surface area contributed by atoms with Gasteiger partial charge in [0.05, 0.1) is 7.11 Å². The number of hydrogen-bond donors (Lipinski definition) is 3. The van der Waals surface area contributed by atoms with Crippen LogP contribution in [-0.4, -0.2) is 29.9 Å². The van der Waals surface area contributed by atoms with E-state index in [1.807, 2.05) is 26.0 Å². The second kappa shape index (κ2) is 9.23. The number of ketones is 1. The summed E-state index contributed by atoms with van der Waals surface area (Å²) in [5, 5.41) is 14.0. The fraction of sp³-hybridized carbons (Fsp3) is 0.318. The lowest BCUT2D eigenvalue weighted by atomic mass is 9.87. The van der Waals surface area contributed by atoms with Crippen LogP contribution in [0.25, 0.3) is 0 Å². The quantitative estimate of drug-likeness (QED) is 0.529. The summed E-state index contributed by atoms with van der Waals surface area (Å²) in [5.74, 6) is 0.601. The molecule has 3 rings (SSSR count). The molecule has 3 N–H and O–H groups in total. The van der Waals surface area contributed by atoms with Crippen molar-refractivity contribution < 1.29 is 24.2 Å². The number of carbonyl (C=O) groups excluding carboxylic acids is 3. The smallest absolute Gasteiger partial charge is 0.322 e. The van der Waals surface area contributed by atoms with Crippen LogP contribution in [0.15, 0.2) is 42.5 Å². The van der Waals surface area contributed by atoms with Crippen LogP contribution in [-0.2, 0) is 16.8 Å². The number of rotatable bonds is 5. The molecule has 3 amide bonds. The number of urea groups is 1. The fourth-order valence-electron chi connectivity index (χ4n) is 3.21. The molecule has 1 fully saturated rings. The Morgan fingerprint density at radius 1 is 1.10 bits per heavy atom. The highest BCUT2D eigenvalue weighted by Crippen LogP contribution is 2.29. The molecule has 0 bridgehead atoms. The molecule has 0 spiro atoms. The number of aromatic hydroxyl groups is 1. The Balaban J connectivity index is 0.000000212. The number of phenols is 1. The van der Waals surface area contributed by atoms with Crippen molar-refractivity contribution in [3.63, 3.8) is 0 Å². The molecule has 1 atom stereocenters. The second-order valence-electron chi connectivity index (χ2n) is 6.65. The zero-order valence-corrected chi connectivity index (χ0v) is 17.0. The molecule has 0 unspecified atom stereocenters. The van der Waals surface area contributed by atoms with Crippen LogP contribution >= 0.6 is 0 Å². The third-order valence-electron chi connectivity index (χ3n) is 4.91. The van der Waals surface area contributed by atoms with E-state index in [0.717, 1.165) is 23.3 Å². The average Bonchev–Trinajstić information content (AvgIpc) is 3.02. The van der Waals surface area contributed by atoms with Gasteiger partial charge in [-0.15, -0.1) is 0 Å². The van der Waals surface area contributed by atoms with Gasteiger partial charge in [0.2, 0.25) is 0 Å². The van der Waals surface area contributed by atoms with E-state index in [1.54, 1.807) is 32.2 Å². The molecule has 7 nitrogen and oxygen atoms in total. The van der Waals surface area contributed by atoms with Crippen molar-refractivity contribution in [3.8, 4) is 11.5 Å². The first-order chi connectivity index (χ1) is 13.8. The van der Waals surface area contributed by atoms with Gasteiger partial charge in [-0.1, -0.05) is 32.0 Å². The predicted molar refractivity (Wildman–Crippen MR) is 109 cm³/mol. The number of carbonyl (C=O) groups is 3. The molecular formula is C22H26N2O5. The lowest BCUT2D eigenvalue weighted by molar-refractivity contribution is -0.124. The lowest BCUT2D eigenvalue weighted by Crippen LogP contribution is -2.43. The molecule has 1 aliphatic rings. The van der Waals surface area contributed by atoms with Gasteiger partial charge in [-0.3, -0.25) is 14.9 Å². The van der Waals surface area contributed by atoms with Gasteiger partial charge in [0.1, 0.15) is 17.0 Å². The summed E-state index contributed by atoms with van der Waals surface area (Å²) in [6.45, 7) is 5.43. The zero-order chi connectivity index (χ0) is 21.6. The monoisotopic (exact) mass is 398 g/mol. The summed E-state index contributed by atoms with van der Waals surface area (Å²) >= 11 is 0. The average molecular weight is 398 g/mol. The van der Waals surface area contributed by atoms with E-state index >= 15 is 0 Å². The number of phenolic OH excluding ortho intramolecular Hbond substituents is 1. The molecule has 2 aromatic rings. The number of amides is 3. The lowest BCUT2D eigenvalue weighted by Gasteiger charge is -2.24. The van der Waals surface area contributed by atoms with Gasteiger partial charge in [-0.25, -0.2) is 4.79 Å². The largest absolute Gasteiger partial charge is 0.508 e. The Bertz CT molecular complexity index is 908. The molecule has 0 aromatic heterocycles. The molecular weight excluding hydrogens is 372 g/mol. The Morgan fingerprint density at radius 2 is 1.76 bits per heavy atom. The van der Waals surface area contributed by atoms with Crippen LogP contribution < -0.4 is 15.4 Å². The van der Waals surface area contributed by atoms with Crippen LogP contribution in [0.5, 0.6) is 11.5 Å². The maximum absolute atomic E-state index is 11.8. The summed E-state index contributed by atoms with van der Waals surface area (Å²) in [7, 11) is 1.60. The molecule has 29 heavy (non-hydrogen) atoms. The molecule has 1 aliphatic heterocycles. The van der Waals surface area contributed by atoms with Gasteiger partial charge < -0.3 is 15.2 Å². The zero-order valence-electron chi connectivity index (χ0n) is 17.0. The molecule has 0 radical (unpaired) electrons. The molecule has 154 valence electrons. The third-order valence-corrected chi connectivity index (χ3v) is 4.91. The Labute approximate surface area is 170 Å². The van der Waals surface area contributed by atoms with E-state index in [4.69, 9.17) is 4.74 Å². The Hall–Kier alpha value is -3.35. The normalized spacial score (nSPS) is 17.7. The van der Waals surface area contributed by atoms with Gasteiger partial charge in [-0.2, -0.15) is 0 Å². The Morgan fingerprint density at radius 3 is 2.21 bits per heavy atom. The summed E-state index contributed by atoms with van der Waals surface area (Å²) in [6.07, 6.45) is 1.33. The van der Waals surface area contributed by atoms with Crippen LogP contribution in [0.4, 0.5) is 4.79 Å². The summed E-state index contributed by atoms with van der Waals surface area (Å²) in [6, 6.07) is 11.4. The maximum atomic E-state index is 11.8. The van der Waals surface area contributed by atoms with E-state index in [-0.39, 0.29) is 17.4 Å². The minimum absolute atomic E-state index is 0.0933. The minimum atomic E-state index is -1.01. The van der Waals surface area contributed by atoms with Crippen LogP contribution in [0.1, 0.15) is 48.7 Å². The van der Waals surface area contributed by atoms with Gasteiger partial charge in [0.15, 0.2) is 5.78 Å². The van der Waals surface area contributed by atoms with Crippen molar-refractivity contribution in [1.82, 2.24) is 10.6 Å². The number of nitrogens with one attached hydrogen (secondary N) is 2. The van der Waals surface area contributed by atoms with Crippen molar-refractivity contribution in [1.29, 1.82) is 0 Å². The van der Waals surface area contributed by atoms with Crippen molar-refractivity contribution in [2.75, 3.05) is 7.11 Å². The van der Waals surface area contributed by atoms with Gasteiger partial charge in [0.25, 0.3) is 5.91 Å². The van der Waals surface area contributed by atoms with Crippen molar-refractivity contribution >= 4 is 17.7 Å². The highest BCUT2D eigenvalue weighted by atomic mass is 16.5. The standard InChI is InChI=1S/C11H12N2O3.C11H14O2/c1-2-11(9(15)12-10(16)13-11)7-3-5-8(14)6-4-7;1-4-9-5-6-10(13-3)7-11(9)8(2)12/h3-6,14H,2H2,1H3,(H2,12,13,15,16);5-7H,4H2,1-3H3/t11-;/m0./s1. The molecule has 1 saturated heterocycles. The topological polar surface area (TPSA) is 105 Å². The number of hydrogen-bond acceptors (Lipinski definition) is 5. The summed E-state index contributed by atoms with van der Waals surface area (Å²) < 4.78 is 5.05. The number of Topliss-reactive ketones (excluding diaryl/α,β-unsaturated/α-hetero) is 1.